The number of aromatic nitrogens is 2. The molecule has 1 atom stereocenters. The number of carbonyl (C=O) groups is 1. The summed E-state index contributed by atoms with van der Waals surface area (Å²) in [6.45, 7) is 2.08. The first kappa shape index (κ1) is 21.3. The van der Waals surface area contributed by atoms with E-state index in [2.05, 4.69) is 20.3 Å². The second kappa shape index (κ2) is 9.76. The van der Waals surface area contributed by atoms with Crippen LogP contribution in [-0.4, -0.2) is 32.6 Å². The quantitative estimate of drug-likeness (QED) is 0.244. The third-order valence-corrected chi connectivity index (χ3v) is 4.64. The number of carbonyl (C=O) groups excluding carboxylic acids is 1. The van der Waals surface area contributed by atoms with Crippen LogP contribution in [0.15, 0.2) is 34.2 Å². The van der Waals surface area contributed by atoms with Crippen LogP contribution in [-0.2, 0) is 17.4 Å². The van der Waals surface area contributed by atoms with Gasteiger partial charge in [0, 0.05) is 6.54 Å². The SMILES string of the molecule is Cc1nc(C(=O)NC(N)=NCCCCc2ccc(S(N)=O)cc2)c(N)nc1N. The van der Waals surface area contributed by atoms with Crippen LogP contribution in [0.1, 0.15) is 34.6 Å². The van der Waals surface area contributed by atoms with Gasteiger partial charge in [-0.05, 0) is 43.9 Å². The van der Waals surface area contributed by atoms with Crippen LogP contribution in [0.25, 0.3) is 0 Å². The number of amides is 1. The van der Waals surface area contributed by atoms with Gasteiger partial charge in [-0.15, -0.1) is 0 Å². The van der Waals surface area contributed by atoms with Crippen molar-refractivity contribution in [1.82, 2.24) is 15.3 Å². The Kier molecular flexibility index (Phi) is 7.41. The second-order valence-electron chi connectivity index (χ2n) is 6.05. The molecule has 28 heavy (non-hydrogen) atoms. The first-order chi connectivity index (χ1) is 13.3. The van der Waals surface area contributed by atoms with E-state index in [0.29, 0.717) is 17.1 Å². The number of unbranched alkanes of at least 4 members (excludes halogenated alkanes) is 1. The van der Waals surface area contributed by atoms with Crippen LogP contribution in [0.4, 0.5) is 11.6 Å². The maximum atomic E-state index is 12.2. The number of hydrogen-bond donors (Lipinski definition) is 5. The monoisotopic (exact) mass is 404 g/mol. The summed E-state index contributed by atoms with van der Waals surface area (Å²) in [6.07, 6.45) is 2.51. The lowest BCUT2D eigenvalue weighted by molar-refractivity contribution is 0.0972. The molecule has 1 amide bonds. The molecule has 0 saturated heterocycles. The summed E-state index contributed by atoms with van der Waals surface area (Å²) in [7, 11) is -1.46. The molecule has 10 nitrogen and oxygen atoms in total. The van der Waals surface area contributed by atoms with Crippen LogP contribution >= 0.6 is 0 Å². The smallest absolute Gasteiger partial charge is 0.280 e. The standard InChI is InChI=1S/C17H24N8O2S/c1-10-14(18)24-15(19)13(23-10)16(26)25-17(20)22-9-3-2-4-11-5-7-12(8-6-11)28(21)27/h5-8H,2-4,9,21H2,1H3,(H4,18,19,24)(H3,20,22,25,26). The minimum atomic E-state index is -1.46. The molecule has 9 N–H and O–H groups in total. The van der Waals surface area contributed by atoms with E-state index in [1.807, 2.05) is 12.1 Å². The number of aryl methyl sites for hydroxylation is 2. The van der Waals surface area contributed by atoms with E-state index in [0.717, 1.165) is 24.8 Å². The van der Waals surface area contributed by atoms with Crippen molar-refractivity contribution in [1.29, 1.82) is 0 Å². The summed E-state index contributed by atoms with van der Waals surface area (Å²) >= 11 is 0. The predicted molar refractivity (Wildman–Crippen MR) is 110 cm³/mol. The molecule has 0 bridgehead atoms. The molecular weight excluding hydrogens is 380 g/mol. The first-order valence-electron chi connectivity index (χ1n) is 8.54. The van der Waals surface area contributed by atoms with Crippen molar-refractivity contribution in [2.45, 2.75) is 31.1 Å². The number of aliphatic imine (C=N–C) groups is 1. The molecule has 0 fully saturated rings. The summed E-state index contributed by atoms with van der Waals surface area (Å²) < 4.78 is 11.1. The highest BCUT2D eigenvalue weighted by Crippen LogP contribution is 2.12. The van der Waals surface area contributed by atoms with E-state index in [4.69, 9.17) is 22.3 Å². The van der Waals surface area contributed by atoms with Gasteiger partial charge in [-0.1, -0.05) is 12.1 Å². The molecular formula is C17H24N8O2S. The fourth-order valence-electron chi connectivity index (χ4n) is 2.36. The summed E-state index contributed by atoms with van der Waals surface area (Å²) in [6, 6.07) is 7.31. The molecule has 1 unspecified atom stereocenters. The average Bonchev–Trinajstić information content (AvgIpc) is 2.64. The third-order valence-electron chi connectivity index (χ3n) is 3.90. The normalized spacial score (nSPS) is 12.6. The van der Waals surface area contributed by atoms with E-state index >= 15 is 0 Å². The lowest BCUT2D eigenvalue weighted by Crippen LogP contribution is -2.38. The maximum absolute atomic E-state index is 12.2. The highest BCUT2D eigenvalue weighted by molar-refractivity contribution is 7.82. The highest BCUT2D eigenvalue weighted by Gasteiger charge is 2.15. The molecule has 1 aromatic heterocycles. The van der Waals surface area contributed by atoms with E-state index in [-0.39, 0.29) is 23.3 Å². The molecule has 1 aromatic carbocycles. The minimum Gasteiger partial charge on any atom is -0.382 e. The molecule has 1 heterocycles. The topological polar surface area (TPSA) is 188 Å². The van der Waals surface area contributed by atoms with Gasteiger partial charge in [0.2, 0.25) is 0 Å². The summed E-state index contributed by atoms with van der Waals surface area (Å²) in [5.74, 6) is -0.512. The molecule has 0 spiro atoms. The van der Waals surface area contributed by atoms with E-state index in [1.165, 1.54) is 0 Å². The highest BCUT2D eigenvalue weighted by atomic mass is 32.2. The van der Waals surface area contributed by atoms with E-state index in [9.17, 15) is 9.00 Å². The van der Waals surface area contributed by atoms with E-state index < -0.39 is 16.9 Å². The number of nitrogens with one attached hydrogen (secondary N) is 1. The Balaban J connectivity index is 1.79. The number of hydrogen-bond acceptors (Lipinski definition) is 7. The number of nitrogens with zero attached hydrogens (tertiary/aromatic N) is 3. The lowest BCUT2D eigenvalue weighted by atomic mass is 10.1. The van der Waals surface area contributed by atoms with Gasteiger partial charge in [0.1, 0.15) is 16.8 Å². The third kappa shape index (κ3) is 5.99. The van der Waals surface area contributed by atoms with Gasteiger partial charge in [-0.25, -0.2) is 19.3 Å². The largest absolute Gasteiger partial charge is 0.382 e. The number of nitrogens with two attached hydrogens (primary N) is 4. The Hall–Kier alpha value is -3.05. The molecule has 0 radical (unpaired) electrons. The zero-order valence-electron chi connectivity index (χ0n) is 15.5. The van der Waals surface area contributed by atoms with Gasteiger partial charge in [-0.3, -0.25) is 15.1 Å². The Bertz CT molecular complexity index is 899. The van der Waals surface area contributed by atoms with Crippen molar-refractivity contribution in [2.24, 2.45) is 15.9 Å². The predicted octanol–water partition coefficient (Wildman–Crippen LogP) is -0.00188. The van der Waals surface area contributed by atoms with Gasteiger partial charge in [-0.2, -0.15) is 0 Å². The summed E-state index contributed by atoms with van der Waals surface area (Å²) in [5, 5.41) is 7.76. The zero-order valence-corrected chi connectivity index (χ0v) is 16.3. The van der Waals surface area contributed by atoms with Gasteiger partial charge in [0.05, 0.1) is 10.6 Å². The fourth-order valence-corrected chi connectivity index (χ4v) is 2.76. The Labute approximate surface area is 165 Å². The van der Waals surface area contributed by atoms with Crippen LogP contribution in [0.3, 0.4) is 0 Å². The molecule has 0 saturated carbocycles. The van der Waals surface area contributed by atoms with Gasteiger partial charge in [0.25, 0.3) is 5.91 Å². The van der Waals surface area contributed by atoms with Gasteiger partial charge >= 0.3 is 0 Å². The molecule has 0 aliphatic heterocycles. The number of benzene rings is 1. The maximum Gasteiger partial charge on any atom is 0.280 e. The van der Waals surface area contributed by atoms with Crippen molar-refractivity contribution >= 4 is 34.5 Å². The minimum absolute atomic E-state index is 0.0181. The van der Waals surface area contributed by atoms with Crippen molar-refractivity contribution in [3.63, 3.8) is 0 Å². The van der Waals surface area contributed by atoms with Gasteiger partial charge < -0.3 is 17.2 Å². The van der Waals surface area contributed by atoms with Crippen LogP contribution in [0, 0.1) is 6.92 Å². The summed E-state index contributed by atoms with van der Waals surface area (Å²) in [4.78, 5) is 24.8. The summed E-state index contributed by atoms with van der Waals surface area (Å²) in [5.41, 5.74) is 18.5. The van der Waals surface area contributed by atoms with Crippen molar-refractivity contribution < 1.29 is 9.00 Å². The van der Waals surface area contributed by atoms with Crippen LogP contribution in [0.2, 0.25) is 0 Å². The Morgan fingerprint density at radius 1 is 1.14 bits per heavy atom. The van der Waals surface area contributed by atoms with Crippen molar-refractivity contribution in [3.05, 3.63) is 41.2 Å². The molecule has 0 aliphatic rings. The number of guanidine groups is 1. The molecule has 11 heteroatoms. The molecule has 2 rings (SSSR count). The number of rotatable bonds is 7. The Morgan fingerprint density at radius 2 is 1.82 bits per heavy atom. The van der Waals surface area contributed by atoms with Crippen molar-refractivity contribution in [2.75, 3.05) is 18.0 Å². The van der Waals surface area contributed by atoms with E-state index in [1.54, 1.807) is 19.1 Å². The fraction of sp³-hybridized carbons (Fsp3) is 0.294. The first-order valence-corrected chi connectivity index (χ1v) is 9.75. The van der Waals surface area contributed by atoms with Crippen LogP contribution < -0.4 is 27.7 Å². The molecule has 150 valence electrons. The Morgan fingerprint density at radius 3 is 2.46 bits per heavy atom. The molecule has 2 aromatic rings. The van der Waals surface area contributed by atoms with Crippen LogP contribution in [0.5, 0.6) is 0 Å². The zero-order chi connectivity index (χ0) is 20.7. The number of anilines is 2. The molecule has 0 aliphatic carbocycles. The lowest BCUT2D eigenvalue weighted by Gasteiger charge is -2.08. The van der Waals surface area contributed by atoms with Gasteiger partial charge in [0.15, 0.2) is 17.5 Å². The second-order valence-corrected chi connectivity index (χ2v) is 7.11. The van der Waals surface area contributed by atoms with Crippen molar-refractivity contribution in [3.8, 4) is 0 Å². The average molecular weight is 405 g/mol. The number of nitrogen functional groups attached to an aromatic ring is 2.